The minimum Gasteiger partial charge on any atom is -0.486 e. The Morgan fingerprint density at radius 3 is 2.54 bits per heavy atom. The lowest BCUT2D eigenvalue weighted by Crippen LogP contribution is -3.10. The van der Waals surface area contributed by atoms with E-state index >= 15 is 0 Å². The molecule has 1 saturated heterocycles. The normalized spacial score (nSPS) is 20.3. The van der Waals surface area contributed by atoms with Crippen molar-refractivity contribution in [3.05, 3.63) is 23.8 Å². The average molecular weight is 388 g/mol. The summed E-state index contributed by atoms with van der Waals surface area (Å²) in [6.45, 7) is 6.32. The number of ether oxygens (including phenoxy) is 2. The number of hydrogen-bond acceptors (Lipinski definition) is 3. The maximum absolute atomic E-state index is 13.2. The van der Waals surface area contributed by atoms with Gasteiger partial charge in [-0.2, -0.15) is 0 Å². The van der Waals surface area contributed by atoms with Crippen LogP contribution in [0.15, 0.2) is 18.2 Å². The third-order valence-electron chi connectivity index (χ3n) is 6.57. The highest BCUT2D eigenvalue weighted by molar-refractivity contribution is 5.76. The quantitative estimate of drug-likeness (QED) is 0.782. The Balaban J connectivity index is 1.41. The molecule has 0 radical (unpaired) electrons. The predicted molar refractivity (Wildman–Crippen MR) is 109 cm³/mol. The van der Waals surface area contributed by atoms with Crippen LogP contribution < -0.4 is 14.4 Å². The molecular weight excluding hydrogens is 352 g/mol. The zero-order valence-corrected chi connectivity index (χ0v) is 17.1. The Labute approximate surface area is 169 Å². The van der Waals surface area contributed by atoms with E-state index in [1.54, 1.807) is 4.90 Å². The van der Waals surface area contributed by atoms with Gasteiger partial charge in [0.2, 0.25) is 5.91 Å². The Bertz CT molecular complexity index is 651. The van der Waals surface area contributed by atoms with Gasteiger partial charge >= 0.3 is 0 Å². The molecule has 1 aromatic rings. The Hall–Kier alpha value is -1.75. The van der Waals surface area contributed by atoms with Gasteiger partial charge in [0.05, 0.1) is 26.2 Å². The minimum atomic E-state index is 0.334. The number of carbonyl (C=O) groups is 1. The van der Waals surface area contributed by atoms with E-state index in [-0.39, 0.29) is 0 Å². The zero-order chi connectivity index (χ0) is 19.2. The van der Waals surface area contributed by atoms with Crippen molar-refractivity contribution in [1.82, 2.24) is 4.90 Å². The van der Waals surface area contributed by atoms with Gasteiger partial charge in [-0.05, 0) is 36.5 Å². The molecule has 1 aliphatic carbocycles. The van der Waals surface area contributed by atoms with Gasteiger partial charge in [-0.3, -0.25) is 4.79 Å². The van der Waals surface area contributed by atoms with Crippen molar-refractivity contribution in [3.63, 3.8) is 0 Å². The molecule has 2 aliphatic heterocycles. The van der Waals surface area contributed by atoms with E-state index < -0.39 is 0 Å². The molecule has 3 aliphatic rings. The maximum atomic E-state index is 13.2. The summed E-state index contributed by atoms with van der Waals surface area (Å²) in [5.41, 5.74) is 1.14. The van der Waals surface area contributed by atoms with Gasteiger partial charge in [0.15, 0.2) is 11.5 Å². The van der Waals surface area contributed by atoms with Crippen molar-refractivity contribution < 1.29 is 19.2 Å². The second kappa shape index (κ2) is 9.64. The first-order chi connectivity index (χ1) is 13.8. The number of hydrogen-bond donors (Lipinski definition) is 1. The van der Waals surface area contributed by atoms with Gasteiger partial charge in [0.25, 0.3) is 0 Å². The van der Waals surface area contributed by atoms with Crippen LogP contribution in [0.4, 0.5) is 0 Å². The van der Waals surface area contributed by atoms with Crippen LogP contribution in [0.25, 0.3) is 0 Å². The monoisotopic (exact) mass is 387 g/mol. The van der Waals surface area contributed by atoms with Crippen molar-refractivity contribution in [2.45, 2.75) is 57.9 Å². The molecule has 4 rings (SSSR count). The number of amides is 1. The molecule has 154 valence electrons. The molecule has 2 fully saturated rings. The van der Waals surface area contributed by atoms with E-state index in [1.807, 2.05) is 6.07 Å². The maximum Gasteiger partial charge on any atom is 0.223 e. The van der Waals surface area contributed by atoms with Crippen LogP contribution in [0.1, 0.15) is 56.9 Å². The summed E-state index contributed by atoms with van der Waals surface area (Å²) in [4.78, 5) is 16.9. The second-order valence-electron chi connectivity index (χ2n) is 8.71. The third kappa shape index (κ3) is 5.19. The summed E-state index contributed by atoms with van der Waals surface area (Å²) in [5.74, 6) is 2.55. The molecule has 28 heavy (non-hydrogen) atoms. The van der Waals surface area contributed by atoms with Crippen LogP contribution >= 0.6 is 0 Å². The number of quaternary nitrogens is 1. The lowest BCUT2D eigenvalue weighted by Gasteiger charge is -2.28. The van der Waals surface area contributed by atoms with Crippen LogP contribution in [-0.4, -0.2) is 50.2 Å². The summed E-state index contributed by atoms with van der Waals surface area (Å²) in [6, 6.07) is 6.12. The third-order valence-corrected chi connectivity index (χ3v) is 6.57. The molecule has 5 heteroatoms. The van der Waals surface area contributed by atoms with Gasteiger partial charge in [0.1, 0.15) is 13.2 Å². The number of nitrogens with zero attached hydrogens (tertiary/aromatic N) is 1. The molecule has 0 unspecified atom stereocenters. The van der Waals surface area contributed by atoms with Gasteiger partial charge in [-0.1, -0.05) is 25.3 Å². The lowest BCUT2D eigenvalue weighted by atomic mass is 9.86. The number of fused-ring (bicyclic) bond motifs is 1. The highest BCUT2D eigenvalue weighted by Gasteiger charge is 2.24. The fraction of sp³-hybridized carbons (Fsp3) is 0.696. The molecular formula is C23H35N2O3+. The molecule has 0 atom stereocenters. The zero-order valence-electron chi connectivity index (χ0n) is 17.1. The van der Waals surface area contributed by atoms with E-state index in [0.29, 0.717) is 31.6 Å². The average Bonchev–Trinajstić information content (AvgIpc) is 3.25. The van der Waals surface area contributed by atoms with Gasteiger partial charge in [-0.15, -0.1) is 0 Å². The Kier molecular flexibility index (Phi) is 6.73. The molecule has 5 nitrogen and oxygen atoms in total. The highest BCUT2D eigenvalue weighted by atomic mass is 16.6. The first-order valence-corrected chi connectivity index (χ1v) is 11.3. The molecule has 0 aromatic heterocycles. The van der Waals surface area contributed by atoms with Crippen LogP contribution in [0.5, 0.6) is 11.5 Å². The van der Waals surface area contributed by atoms with Gasteiger partial charge in [-0.25, -0.2) is 0 Å². The van der Waals surface area contributed by atoms with E-state index in [4.69, 9.17) is 9.47 Å². The smallest absolute Gasteiger partial charge is 0.223 e. The van der Waals surface area contributed by atoms with E-state index in [9.17, 15) is 4.79 Å². The summed E-state index contributed by atoms with van der Waals surface area (Å²) in [5, 5.41) is 0. The van der Waals surface area contributed by atoms with Crippen molar-refractivity contribution in [2.24, 2.45) is 5.92 Å². The van der Waals surface area contributed by atoms with Gasteiger partial charge < -0.3 is 19.3 Å². The standard InChI is InChI=1S/C23H34N2O3/c26-23(17-19-6-2-1-3-7-19)25(13-12-24-10-4-5-11-24)18-20-8-9-21-22(16-20)28-15-14-27-21/h8-9,16,19H,1-7,10-15,17-18H2/p+1. The Morgan fingerprint density at radius 1 is 1.00 bits per heavy atom. The summed E-state index contributed by atoms with van der Waals surface area (Å²) in [6.07, 6.45) is 9.74. The van der Waals surface area contributed by atoms with E-state index in [2.05, 4.69) is 17.0 Å². The number of likely N-dealkylation sites (tertiary alicyclic amines) is 1. The van der Waals surface area contributed by atoms with Crippen LogP contribution in [0.3, 0.4) is 0 Å². The lowest BCUT2D eigenvalue weighted by molar-refractivity contribution is -0.886. The van der Waals surface area contributed by atoms with Crippen LogP contribution in [-0.2, 0) is 11.3 Å². The number of carbonyl (C=O) groups excluding carboxylic acids is 1. The molecule has 1 N–H and O–H groups in total. The Morgan fingerprint density at radius 2 is 1.75 bits per heavy atom. The minimum absolute atomic E-state index is 0.334. The fourth-order valence-electron chi connectivity index (χ4n) is 4.88. The summed E-state index contributed by atoms with van der Waals surface area (Å²) < 4.78 is 11.4. The number of nitrogens with one attached hydrogen (secondary N) is 1. The summed E-state index contributed by atoms with van der Waals surface area (Å²) >= 11 is 0. The first kappa shape index (κ1) is 19.6. The van der Waals surface area contributed by atoms with E-state index in [1.165, 1.54) is 58.0 Å². The van der Waals surface area contributed by atoms with Crippen molar-refractivity contribution >= 4 is 5.91 Å². The topological polar surface area (TPSA) is 43.2 Å². The van der Waals surface area contributed by atoms with Gasteiger partial charge in [0, 0.05) is 25.8 Å². The first-order valence-electron chi connectivity index (χ1n) is 11.3. The largest absolute Gasteiger partial charge is 0.486 e. The van der Waals surface area contributed by atoms with Crippen molar-refractivity contribution in [2.75, 3.05) is 39.4 Å². The summed E-state index contributed by atoms with van der Waals surface area (Å²) in [7, 11) is 0. The molecule has 0 bridgehead atoms. The molecule has 0 spiro atoms. The van der Waals surface area contributed by atoms with Crippen molar-refractivity contribution in [1.29, 1.82) is 0 Å². The fourth-order valence-corrected chi connectivity index (χ4v) is 4.88. The van der Waals surface area contributed by atoms with Crippen molar-refractivity contribution in [3.8, 4) is 11.5 Å². The number of rotatable bonds is 7. The highest BCUT2D eigenvalue weighted by Crippen LogP contribution is 2.31. The number of benzene rings is 1. The molecule has 1 amide bonds. The molecule has 2 heterocycles. The molecule has 1 aromatic carbocycles. The molecule has 1 saturated carbocycles. The van der Waals surface area contributed by atoms with Crippen LogP contribution in [0.2, 0.25) is 0 Å². The van der Waals surface area contributed by atoms with E-state index in [0.717, 1.165) is 36.6 Å². The second-order valence-corrected chi connectivity index (χ2v) is 8.71. The predicted octanol–water partition coefficient (Wildman–Crippen LogP) is 2.44. The SMILES string of the molecule is O=C(CC1CCCCC1)N(CC[NH+]1CCCC1)Cc1ccc2c(c1)OCCO2. The van der Waals surface area contributed by atoms with Crippen LogP contribution in [0, 0.1) is 5.92 Å².